The van der Waals surface area contributed by atoms with Gasteiger partial charge in [0.05, 0.1) is 0 Å². The van der Waals surface area contributed by atoms with Crippen molar-refractivity contribution in [1.29, 1.82) is 0 Å². The third kappa shape index (κ3) is 5.62. The van der Waals surface area contributed by atoms with Gasteiger partial charge in [-0.2, -0.15) is 0 Å². The molecule has 0 unspecified atom stereocenters. The molecule has 4 aromatic rings. The molecule has 0 fully saturated rings. The van der Waals surface area contributed by atoms with E-state index in [9.17, 15) is 5.11 Å². The number of hydrogen-bond donors (Lipinski definition) is 1. The third-order valence-corrected chi connectivity index (χ3v) is 6.49. The highest BCUT2D eigenvalue weighted by atomic mass is 35.5. The van der Waals surface area contributed by atoms with E-state index in [4.69, 9.17) is 23.2 Å². The fourth-order valence-corrected chi connectivity index (χ4v) is 4.91. The molecule has 0 aliphatic carbocycles. The Morgan fingerprint density at radius 2 is 1.12 bits per heavy atom. The van der Waals surface area contributed by atoms with Crippen LogP contribution in [0.2, 0.25) is 10.0 Å². The van der Waals surface area contributed by atoms with E-state index in [1.54, 1.807) is 0 Å². The highest BCUT2D eigenvalue weighted by Gasteiger charge is 2.37. The molecule has 172 valence electrons. The van der Waals surface area contributed by atoms with Crippen LogP contribution >= 0.6 is 23.2 Å². The fraction of sp³-hybridized carbons (Fsp3) is 0.161. The molecule has 0 amide bonds. The first-order valence-electron chi connectivity index (χ1n) is 11.4. The summed E-state index contributed by atoms with van der Waals surface area (Å²) < 4.78 is 0. The summed E-state index contributed by atoms with van der Waals surface area (Å²) in [6, 6.07) is 35.6. The average molecular weight is 487 g/mol. The Hall–Kier alpha value is -2.84. The van der Waals surface area contributed by atoms with Crippen molar-refractivity contribution in [3.8, 4) is 0 Å². The Balaban J connectivity index is 1.83. The lowest BCUT2D eigenvalue weighted by Crippen LogP contribution is -2.33. The van der Waals surface area contributed by atoms with Gasteiger partial charge in [-0.15, -0.1) is 0 Å². The van der Waals surface area contributed by atoms with Crippen molar-refractivity contribution < 1.29 is 5.11 Å². The molecule has 34 heavy (non-hydrogen) atoms. The van der Waals surface area contributed by atoms with Crippen molar-refractivity contribution in [1.82, 2.24) is 0 Å². The number of allylic oxidation sites excluding steroid dienone is 1. The van der Waals surface area contributed by atoms with E-state index in [2.05, 4.69) is 44.2 Å². The number of halogens is 2. The number of hydrogen-bond acceptors (Lipinski definition) is 1. The summed E-state index contributed by atoms with van der Waals surface area (Å²) in [5, 5.41) is 13.4. The van der Waals surface area contributed by atoms with Gasteiger partial charge in [0.25, 0.3) is 0 Å². The summed E-state index contributed by atoms with van der Waals surface area (Å²) in [6.07, 6.45) is 2.70. The normalized spacial score (nSPS) is 11.8. The summed E-state index contributed by atoms with van der Waals surface area (Å²) in [5.41, 5.74) is 3.21. The maximum atomic E-state index is 12.2. The van der Waals surface area contributed by atoms with Gasteiger partial charge in [0.2, 0.25) is 0 Å². The van der Waals surface area contributed by atoms with Gasteiger partial charge in [-0.25, -0.2) is 0 Å². The predicted molar refractivity (Wildman–Crippen MR) is 144 cm³/mol. The molecule has 0 aliphatic heterocycles. The maximum absolute atomic E-state index is 12.2. The average Bonchev–Trinajstić information content (AvgIpc) is 2.83. The zero-order valence-corrected chi connectivity index (χ0v) is 20.9. The third-order valence-electron chi connectivity index (χ3n) is 6.02. The summed E-state index contributed by atoms with van der Waals surface area (Å²) in [5.74, 6) is 0. The molecule has 0 bridgehead atoms. The summed E-state index contributed by atoms with van der Waals surface area (Å²) >= 11 is 12.7. The van der Waals surface area contributed by atoms with Crippen LogP contribution in [0.25, 0.3) is 5.57 Å². The minimum Gasteiger partial charge on any atom is -0.380 e. The summed E-state index contributed by atoms with van der Waals surface area (Å²) in [4.78, 5) is 0. The molecule has 4 aromatic carbocycles. The highest BCUT2D eigenvalue weighted by molar-refractivity contribution is 6.31. The largest absolute Gasteiger partial charge is 0.380 e. The Morgan fingerprint density at radius 1 is 0.676 bits per heavy atom. The zero-order chi connectivity index (χ0) is 24.2. The van der Waals surface area contributed by atoms with Crippen LogP contribution in [0.3, 0.4) is 0 Å². The molecular weight excluding hydrogens is 459 g/mol. The standard InChI is InChI=1S/C31H28Cl2O/c1-30(2,21-29(23-11-5-3-6-12-23)24-13-7-4-8-14-24)22-31(34,25-15-9-17-27(32)19-25)26-16-10-18-28(33)20-26/h3-21,34H,22H2,1-2H3. The van der Waals surface area contributed by atoms with Gasteiger partial charge in [-0.3, -0.25) is 0 Å². The summed E-state index contributed by atoms with van der Waals surface area (Å²) in [7, 11) is 0. The number of rotatable bonds is 7. The molecule has 1 nitrogen and oxygen atoms in total. The Labute approximate surface area is 212 Å². The van der Waals surface area contributed by atoms with E-state index < -0.39 is 5.60 Å². The maximum Gasteiger partial charge on any atom is 0.116 e. The van der Waals surface area contributed by atoms with E-state index in [0.29, 0.717) is 16.5 Å². The van der Waals surface area contributed by atoms with E-state index in [1.165, 1.54) is 0 Å². The van der Waals surface area contributed by atoms with Crippen LogP contribution in [0.1, 0.15) is 42.5 Å². The second-order valence-electron chi connectivity index (χ2n) is 9.34. The van der Waals surface area contributed by atoms with Crippen LogP contribution in [0.5, 0.6) is 0 Å². The molecule has 0 aromatic heterocycles. The molecule has 0 saturated heterocycles. The van der Waals surface area contributed by atoms with E-state index in [1.807, 2.05) is 84.9 Å². The quantitative estimate of drug-likeness (QED) is 0.276. The van der Waals surface area contributed by atoms with Crippen LogP contribution in [-0.2, 0) is 5.60 Å². The highest BCUT2D eigenvalue weighted by Crippen LogP contribution is 2.43. The van der Waals surface area contributed by atoms with Crippen molar-refractivity contribution in [3.05, 3.63) is 148 Å². The second kappa shape index (κ2) is 10.2. The molecule has 0 radical (unpaired) electrons. The minimum absolute atomic E-state index is 0.388. The molecule has 3 heteroatoms. The van der Waals surface area contributed by atoms with Crippen LogP contribution in [0.4, 0.5) is 0 Å². The Morgan fingerprint density at radius 3 is 1.53 bits per heavy atom. The van der Waals surface area contributed by atoms with Gasteiger partial charge in [-0.05, 0) is 63.9 Å². The van der Waals surface area contributed by atoms with Gasteiger partial charge in [-0.1, -0.05) is 128 Å². The lowest BCUT2D eigenvalue weighted by molar-refractivity contribution is 0.0433. The van der Waals surface area contributed by atoms with E-state index in [-0.39, 0.29) is 5.41 Å². The van der Waals surface area contributed by atoms with E-state index >= 15 is 0 Å². The van der Waals surface area contributed by atoms with Crippen molar-refractivity contribution in [3.63, 3.8) is 0 Å². The predicted octanol–water partition coefficient (Wildman–Crippen LogP) is 8.78. The van der Waals surface area contributed by atoms with Crippen molar-refractivity contribution in [2.24, 2.45) is 5.41 Å². The smallest absolute Gasteiger partial charge is 0.116 e. The molecule has 0 atom stereocenters. The van der Waals surface area contributed by atoms with Crippen molar-refractivity contribution in [2.75, 3.05) is 0 Å². The Bertz CT molecular complexity index is 1190. The van der Waals surface area contributed by atoms with Gasteiger partial charge < -0.3 is 5.11 Å². The summed E-state index contributed by atoms with van der Waals surface area (Å²) in [6.45, 7) is 4.30. The minimum atomic E-state index is -1.28. The first-order valence-corrected chi connectivity index (χ1v) is 12.1. The van der Waals surface area contributed by atoms with Gasteiger partial charge >= 0.3 is 0 Å². The monoisotopic (exact) mass is 486 g/mol. The van der Waals surface area contributed by atoms with Gasteiger partial charge in [0.1, 0.15) is 5.60 Å². The van der Waals surface area contributed by atoms with Gasteiger partial charge in [0, 0.05) is 10.0 Å². The number of benzene rings is 4. The molecule has 0 spiro atoms. The molecule has 4 rings (SSSR count). The molecular formula is C31H28Cl2O. The fourth-order valence-electron chi connectivity index (χ4n) is 4.53. The van der Waals surface area contributed by atoms with Gasteiger partial charge in [0.15, 0.2) is 0 Å². The molecule has 0 heterocycles. The SMILES string of the molecule is CC(C)(C=C(c1ccccc1)c1ccccc1)CC(O)(c1cccc(Cl)c1)c1cccc(Cl)c1. The Kier molecular flexibility index (Phi) is 7.28. The first kappa shape index (κ1) is 24.3. The van der Waals surface area contributed by atoms with Crippen LogP contribution in [0, 0.1) is 5.41 Å². The topological polar surface area (TPSA) is 20.2 Å². The number of aliphatic hydroxyl groups is 1. The lowest BCUT2D eigenvalue weighted by Gasteiger charge is -2.36. The van der Waals surface area contributed by atoms with Crippen molar-refractivity contribution >= 4 is 28.8 Å². The zero-order valence-electron chi connectivity index (χ0n) is 19.4. The van der Waals surface area contributed by atoms with Crippen molar-refractivity contribution in [2.45, 2.75) is 25.9 Å². The van der Waals surface area contributed by atoms with Crippen LogP contribution in [0.15, 0.2) is 115 Å². The van der Waals surface area contributed by atoms with Crippen LogP contribution in [-0.4, -0.2) is 5.11 Å². The molecule has 1 N–H and O–H groups in total. The lowest BCUT2D eigenvalue weighted by atomic mass is 9.72. The molecule has 0 aliphatic rings. The van der Waals surface area contributed by atoms with Crippen LogP contribution < -0.4 is 0 Å². The van der Waals surface area contributed by atoms with E-state index in [0.717, 1.165) is 27.8 Å². The second-order valence-corrected chi connectivity index (χ2v) is 10.2. The first-order chi connectivity index (χ1) is 16.3. The molecule has 0 saturated carbocycles.